The number of guanidine groups is 2. The van der Waals surface area contributed by atoms with Crippen LogP contribution in [-0.2, 0) is 122 Å². The van der Waals surface area contributed by atoms with Crippen molar-refractivity contribution in [2.75, 3.05) is 56.9 Å². The van der Waals surface area contributed by atoms with E-state index in [9.17, 15) is 130 Å². The van der Waals surface area contributed by atoms with E-state index < -0.39 is 277 Å². The molecule has 52 nitrogen and oxygen atoms in total. The molecule has 0 aliphatic carbocycles. The van der Waals surface area contributed by atoms with E-state index in [1.807, 2.05) is 0 Å². The van der Waals surface area contributed by atoms with Gasteiger partial charge >= 0.3 is 34.3 Å². The van der Waals surface area contributed by atoms with Crippen molar-refractivity contribution in [1.82, 2.24) is 100 Å². The summed E-state index contributed by atoms with van der Waals surface area (Å²) in [6, 6.07) is -5.72. The van der Waals surface area contributed by atoms with Gasteiger partial charge in [0.25, 0.3) is 0 Å². The average molecular weight is 2000 g/mol. The molecule has 0 aliphatic heterocycles. The summed E-state index contributed by atoms with van der Waals surface area (Å²) in [7, 11) is -5.12. The number of aliphatic hydroxyl groups excluding tert-OH is 2. The first-order valence-electron chi connectivity index (χ1n) is 42.9. The van der Waals surface area contributed by atoms with Gasteiger partial charge in [-0.2, -0.15) is 31.9 Å². The van der Waals surface area contributed by atoms with Gasteiger partial charge in [-0.25, -0.2) is 9.78 Å². The number of rotatable bonds is 63. The van der Waals surface area contributed by atoms with Crippen molar-refractivity contribution in [1.29, 1.82) is 10.8 Å². The number of carboxylic acids is 4. The van der Waals surface area contributed by atoms with Crippen LogP contribution in [0.25, 0.3) is 10.9 Å². The molecular weight excluding hydrogens is 1880 g/mol. The summed E-state index contributed by atoms with van der Waals surface area (Å²) in [6.45, 7) is -0.216. The van der Waals surface area contributed by atoms with E-state index in [1.54, 1.807) is 74.0 Å². The average Bonchev–Trinajstić information content (AvgIpc) is 1.65. The van der Waals surface area contributed by atoms with Gasteiger partial charge < -0.3 is 147 Å². The zero-order valence-corrected chi connectivity index (χ0v) is 77.8. The van der Waals surface area contributed by atoms with Gasteiger partial charge in [0.05, 0.1) is 45.3 Å². The number of nitrogens with zero attached hydrogens (tertiary/aromatic N) is 1. The molecule has 3 aromatic carbocycles. The van der Waals surface area contributed by atoms with E-state index in [-0.39, 0.29) is 87.9 Å². The van der Waals surface area contributed by atoms with Crippen molar-refractivity contribution in [3.63, 3.8) is 0 Å². The van der Waals surface area contributed by atoms with Gasteiger partial charge in [-0.05, 0) is 103 Å². The Kier molecular flexibility index (Phi) is 48.2. The number of aromatic nitrogens is 3. The van der Waals surface area contributed by atoms with Crippen molar-refractivity contribution in [2.45, 2.75) is 188 Å². The number of aliphatic hydroxyl groups is 2. The number of thioether (sulfide) groups is 2. The van der Waals surface area contributed by atoms with Crippen LogP contribution in [-0.4, -0.2) is 319 Å². The number of hydrogen-bond acceptors (Lipinski definition) is 29. The van der Waals surface area contributed by atoms with Crippen LogP contribution in [0.3, 0.4) is 0 Å². The Morgan fingerprint density at radius 3 is 1.32 bits per heavy atom. The summed E-state index contributed by atoms with van der Waals surface area (Å²) >= 11 is 2.39. The second-order valence-corrected chi connectivity index (χ2v) is 34.4. The lowest BCUT2D eigenvalue weighted by Gasteiger charge is -2.29. The summed E-state index contributed by atoms with van der Waals surface area (Å²) in [5.74, 6) is -25.4. The molecule has 5 aromatic rings. The van der Waals surface area contributed by atoms with Crippen LogP contribution >= 0.6 is 23.5 Å². The molecule has 0 unspecified atom stereocenters. The number of aliphatic carboxylic acids is 4. The van der Waals surface area contributed by atoms with Crippen LogP contribution < -0.4 is 106 Å². The highest BCUT2D eigenvalue weighted by Gasteiger charge is 2.40. The molecule has 138 heavy (non-hydrogen) atoms. The molecule has 0 aliphatic rings. The van der Waals surface area contributed by atoms with Crippen molar-refractivity contribution in [3.05, 3.63) is 120 Å². The largest absolute Gasteiger partial charge is 0.481 e. The molecule has 0 saturated carbocycles. The number of fused-ring (bicyclic) bond motifs is 1. The quantitative estimate of drug-likeness (QED) is 0.00744. The molecule has 15 atom stereocenters. The molecule has 0 spiro atoms. The highest BCUT2D eigenvalue weighted by molar-refractivity contribution is 7.98. The van der Waals surface area contributed by atoms with Gasteiger partial charge in [-0.3, -0.25) is 96.9 Å². The number of hydrogen-bond donors (Lipinski definition) is 30. The SMILES string of the molecule is CC[C@H](C)[C@H](NC(=O)[C@H](CCCNC(=N)N)NC(=O)[C@H](Cc1cnc[nH]1)NC(=O)[C@@H](N)CO)C(=O)N[C@@H](CO)C(=O)N[C@@H](CC(=O)O)C(=O)N[C@@H](CCCNC(=N)N)C(=O)N[C@@H](CC(=O)O)C(=O)N[C@@H](Cc1ccc(OS(=O)(=O)O)cc1)C(=O)N[C@@H](CCSC)C(=O)NCC(=O)N[C@@H](Cc1c[nH]c2ccccc12)C(=O)N[C@@H](CCSC)C(=O)N[C@@H](CC(=O)O)C(=O)N[C@@H](Cc1ccccc1)C(=O)O. The summed E-state index contributed by atoms with van der Waals surface area (Å²) < 4.78 is 37.2. The maximum absolute atomic E-state index is 14.9. The first-order valence-corrected chi connectivity index (χ1v) is 47.0. The number of para-hydroxylation sites is 1. The Morgan fingerprint density at radius 2 is 0.862 bits per heavy atom. The van der Waals surface area contributed by atoms with E-state index >= 15 is 0 Å². The predicted molar refractivity (Wildman–Crippen MR) is 495 cm³/mol. The third-order valence-electron chi connectivity index (χ3n) is 20.8. The van der Waals surface area contributed by atoms with Gasteiger partial charge in [0, 0.05) is 67.8 Å². The third kappa shape index (κ3) is 40.7. The van der Waals surface area contributed by atoms with Crippen molar-refractivity contribution in [3.8, 4) is 5.75 Å². The van der Waals surface area contributed by atoms with Crippen LogP contribution in [0.5, 0.6) is 5.75 Å². The van der Waals surface area contributed by atoms with E-state index in [0.29, 0.717) is 27.7 Å². The zero-order chi connectivity index (χ0) is 102. The minimum absolute atomic E-state index is 0.0177. The summed E-state index contributed by atoms with van der Waals surface area (Å²) in [4.78, 5) is 259. The topological polar surface area (TPSA) is 855 Å². The Hall–Kier alpha value is -14.3. The number of aromatic amines is 2. The summed E-state index contributed by atoms with van der Waals surface area (Å²) in [5.41, 5.74) is 18.5. The number of nitrogens with one attached hydrogen (secondary N) is 20. The summed E-state index contributed by atoms with van der Waals surface area (Å²) in [5, 5.41) is 114. The second-order valence-electron chi connectivity index (χ2n) is 31.4. The molecule has 2 heterocycles. The van der Waals surface area contributed by atoms with Crippen LogP contribution in [0.15, 0.2) is 97.6 Å². The second kappa shape index (κ2) is 58.2. The number of carbonyl (C=O) groups is 18. The number of benzene rings is 3. The van der Waals surface area contributed by atoms with E-state index in [1.165, 1.54) is 37.4 Å². The Bertz CT molecular complexity index is 5160. The van der Waals surface area contributed by atoms with Crippen molar-refractivity contribution in [2.24, 2.45) is 23.1 Å². The van der Waals surface area contributed by atoms with Crippen molar-refractivity contribution < 1.29 is 134 Å². The lowest BCUT2D eigenvalue weighted by Crippen LogP contribution is -2.62. The normalized spacial score (nSPS) is 14.4. The molecule has 33 N–H and O–H groups in total. The molecule has 756 valence electrons. The number of carboxylic acid groups (broad SMARTS) is 4. The maximum Gasteiger partial charge on any atom is 0.446 e. The monoisotopic (exact) mass is 1990 g/mol. The van der Waals surface area contributed by atoms with Gasteiger partial charge in [0.2, 0.25) is 82.7 Å². The fourth-order valence-electron chi connectivity index (χ4n) is 13.4. The minimum Gasteiger partial charge on any atom is -0.481 e. The zero-order valence-electron chi connectivity index (χ0n) is 75.4. The molecule has 55 heteroatoms. The lowest BCUT2D eigenvalue weighted by molar-refractivity contribution is -0.144. The first kappa shape index (κ1) is 114. The van der Waals surface area contributed by atoms with Crippen LogP contribution in [0.1, 0.15) is 100 Å². The van der Waals surface area contributed by atoms with Gasteiger partial charge in [-0.15, -0.1) is 0 Å². The molecule has 0 saturated heterocycles. The van der Waals surface area contributed by atoms with Gasteiger partial charge in [0.1, 0.15) is 90.3 Å². The molecule has 0 fully saturated rings. The van der Waals surface area contributed by atoms with E-state index in [2.05, 4.69) is 104 Å². The number of nitrogens with two attached hydrogens (primary N) is 3. The fraction of sp³-hybridized carbons (Fsp3) is 0.482. The Balaban J connectivity index is 1.42. The Morgan fingerprint density at radius 1 is 0.457 bits per heavy atom. The molecule has 5 rings (SSSR count). The molecule has 2 aromatic heterocycles. The number of H-pyrrole nitrogens is 2. The van der Waals surface area contributed by atoms with E-state index in [0.717, 1.165) is 36.0 Å². The highest BCUT2D eigenvalue weighted by atomic mass is 32.3. The Labute approximate surface area is 798 Å². The predicted octanol–water partition coefficient (Wildman–Crippen LogP) is -7.34. The smallest absolute Gasteiger partial charge is 0.446 e. The van der Waals surface area contributed by atoms with Gasteiger partial charge in [-0.1, -0.05) is 80.9 Å². The number of carbonyl (C=O) groups excluding carboxylic acids is 14. The minimum atomic E-state index is -5.12. The van der Waals surface area contributed by atoms with Gasteiger partial charge in [0.15, 0.2) is 11.9 Å². The number of imidazole rings is 1. The fourth-order valence-corrected chi connectivity index (χ4v) is 14.7. The summed E-state index contributed by atoms with van der Waals surface area (Å²) in [6.07, 6.45) is 1.07. The van der Waals surface area contributed by atoms with Crippen LogP contribution in [0, 0.1) is 16.7 Å². The molecule has 14 amide bonds. The molecule has 0 radical (unpaired) electrons. The van der Waals surface area contributed by atoms with Crippen molar-refractivity contribution >= 4 is 163 Å². The van der Waals surface area contributed by atoms with Crippen LogP contribution in [0.2, 0.25) is 0 Å². The number of amides is 14. The molecular formula is C83H118N24O28S3. The third-order valence-corrected chi connectivity index (χ3v) is 22.5. The lowest BCUT2D eigenvalue weighted by atomic mass is 9.97. The maximum atomic E-state index is 14.9. The van der Waals surface area contributed by atoms with Crippen LogP contribution in [0.4, 0.5) is 0 Å². The standard InChI is InChI=1S/C83H118N24O28S3/c1-5-42(2)67(107-72(121)52(18-12-26-91-83(87)88)97-75(124)57(32-46-37-89-41-94-46)100-68(117)49(84)39-108)80(129)106-62(40-109)79(128)104-58(33-64(111)112)76(125)96-51(17-11-25-90-82(85)86)70(119)102-59(34-65(113)114)77(126)101-55(29-44-19-21-47(22-20-44)135-138(132,133)134)73(122)98-53(23-27-136-3)69(118)93-38-63(110)95-56(31-45-36-92-50-16-10-9-15-48(45)50)74(123)99-54(24-28-137-4)71(120)103-60(35-66(115)116)78(127)105-61(81(130)131)30-43-13-7-6-8-14-43/h6-10,13-16,19-22,36-37,41-42,49,51-62,67,92,108-109H,5,11-12,17-18,23-35,38-40,84H2,1-4H3,(H,89,94)(H,93,118)(H,95,110)(H,96,125)(H,97,124)(H,98,122)(H,99,123)(H,100,117)(H,101,126)(H,102,119)(H,103,120)(H,104,128)(H,105,127)(H,106,129)(H,107,121)(H,111,112)(H,113,114)(H,115,116)(H,130,131)(H4,85,86,90)(H4,87,88,91)(H,132,133,134)/t42-,49-,51-,52-,53-,54-,55-,56-,57-,58-,59-,60-,61-,62-,67-/m0/s1. The van der Waals surface area contributed by atoms with E-state index in [4.69, 9.17) is 28.0 Å². The first-order chi connectivity index (χ1) is 65.3. The highest BCUT2D eigenvalue weighted by Crippen LogP contribution is 2.22. The molecule has 0 bridgehead atoms.